The topological polar surface area (TPSA) is 58.9 Å². The van der Waals surface area contributed by atoms with Crippen molar-refractivity contribution in [2.24, 2.45) is 28.1 Å². The maximum atomic E-state index is 10.5. The standard InChI is InChI=1S/C19H30O2.2C2H3F3O.Cu/c1-17(2,3)13-9-15(20-11-13)19(7,8)16-10-14(12-21-16)18(4,5)6;2*3-2(4,5)1-6;/h13-14H,11-12H2,1-8H3;2*6H,1H2;/q-2;;;+2/t13-,14-;;;/m1.../s1. The first-order valence-corrected chi connectivity index (χ1v) is 10.4. The summed E-state index contributed by atoms with van der Waals surface area (Å²) in [5, 5.41) is 14.6. The maximum absolute atomic E-state index is 10.5. The predicted octanol–water partition coefficient (Wildman–Crippen LogP) is 5.85. The van der Waals surface area contributed by atoms with E-state index in [0.717, 1.165) is 24.7 Å². The van der Waals surface area contributed by atoms with E-state index in [2.05, 4.69) is 67.5 Å². The summed E-state index contributed by atoms with van der Waals surface area (Å²) in [6.07, 6.45) is -1.70. The first kappa shape index (κ1) is 35.3. The molecule has 2 rings (SSSR count). The fourth-order valence-corrected chi connectivity index (χ4v) is 2.57. The number of ether oxygens (including phenoxy) is 2. The first-order valence-electron chi connectivity index (χ1n) is 10.4. The zero-order chi connectivity index (χ0) is 26.5. The number of aliphatic hydroxyl groups is 2. The second-order valence-corrected chi connectivity index (χ2v) is 10.6. The molecule has 0 aromatic heterocycles. The molecule has 205 valence electrons. The third-order valence-corrected chi connectivity index (χ3v) is 4.98. The summed E-state index contributed by atoms with van der Waals surface area (Å²) in [5.41, 5.74) is 0.0841. The van der Waals surface area contributed by atoms with Crippen molar-refractivity contribution in [3.8, 4) is 0 Å². The van der Waals surface area contributed by atoms with E-state index in [1.54, 1.807) is 0 Å². The van der Waals surface area contributed by atoms with Crippen molar-refractivity contribution >= 4 is 0 Å². The summed E-state index contributed by atoms with van der Waals surface area (Å²) in [6, 6.07) is 0. The van der Waals surface area contributed by atoms with Crippen LogP contribution in [0.25, 0.3) is 0 Å². The van der Waals surface area contributed by atoms with E-state index < -0.39 is 25.6 Å². The summed E-state index contributed by atoms with van der Waals surface area (Å²) >= 11 is 0. The van der Waals surface area contributed by atoms with E-state index in [1.807, 2.05) is 0 Å². The molecule has 2 heterocycles. The Morgan fingerprint density at radius 2 is 0.912 bits per heavy atom. The molecular weight excluding hydrogens is 518 g/mol. The number of hydrogen-bond acceptors (Lipinski definition) is 4. The van der Waals surface area contributed by atoms with Gasteiger partial charge in [-0.2, -0.15) is 26.3 Å². The van der Waals surface area contributed by atoms with Crippen LogP contribution in [-0.2, 0) is 26.5 Å². The molecule has 0 saturated heterocycles. The molecule has 2 atom stereocenters. The van der Waals surface area contributed by atoms with E-state index in [-0.39, 0.29) is 33.3 Å². The molecule has 0 amide bonds. The third-order valence-electron chi connectivity index (χ3n) is 4.98. The van der Waals surface area contributed by atoms with Gasteiger partial charge < -0.3 is 31.8 Å². The van der Waals surface area contributed by atoms with Crippen LogP contribution in [0.15, 0.2) is 11.5 Å². The van der Waals surface area contributed by atoms with Crippen molar-refractivity contribution in [3.63, 3.8) is 0 Å². The molecule has 0 fully saturated rings. The predicted molar refractivity (Wildman–Crippen MR) is 111 cm³/mol. The van der Waals surface area contributed by atoms with Crippen molar-refractivity contribution in [2.75, 3.05) is 26.4 Å². The van der Waals surface area contributed by atoms with Gasteiger partial charge in [-0.25, -0.2) is 0 Å². The Bertz CT molecular complexity index is 615. The van der Waals surface area contributed by atoms with Gasteiger partial charge in [0.15, 0.2) is 0 Å². The number of halogens is 6. The van der Waals surface area contributed by atoms with E-state index >= 15 is 0 Å². The van der Waals surface area contributed by atoms with Gasteiger partial charge in [0, 0.05) is 5.41 Å². The van der Waals surface area contributed by atoms with Crippen LogP contribution in [0, 0.1) is 40.2 Å². The van der Waals surface area contributed by atoms with Gasteiger partial charge in [-0.3, -0.25) is 0 Å². The van der Waals surface area contributed by atoms with Crippen LogP contribution in [0.2, 0.25) is 0 Å². The molecule has 1 radical (unpaired) electrons. The summed E-state index contributed by atoms with van der Waals surface area (Å²) in [6.45, 7) is 15.7. The Morgan fingerprint density at radius 1 is 0.676 bits per heavy atom. The summed E-state index contributed by atoms with van der Waals surface area (Å²) in [5.74, 6) is 2.51. The average Bonchev–Trinajstić information content (AvgIpc) is 3.31. The first-order chi connectivity index (χ1) is 14.5. The van der Waals surface area contributed by atoms with Gasteiger partial charge in [-0.05, 0) is 0 Å². The number of rotatable bonds is 2. The normalized spacial score (nSPS) is 20.9. The van der Waals surface area contributed by atoms with E-state index in [1.165, 1.54) is 0 Å². The summed E-state index contributed by atoms with van der Waals surface area (Å²) in [4.78, 5) is 0. The fourth-order valence-electron chi connectivity index (χ4n) is 2.57. The molecular formula is C23H36CuF6O4. The minimum absolute atomic E-state index is 0. The Kier molecular flexibility index (Phi) is 13.4. The molecule has 0 unspecified atom stereocenters. The van der Waals surface area contributed by atoms with Gasteiger partial charge in [0.05, 0.1) is 13.2 Å². The molecule has 0 aliphatic carbocycles. The molecule has 0 bridgehead atoms. The Hall–Kier alpha value is -0.901. The van der Waals surface area contributed by atoms with Gasteiger partial charge in [-0.15, -0.1) is 11.8 Å². The smallest absolute Gasteiger partial charge is 0.536 e. The zero-order valence-electron chi connectivity index (χ0n) is 20.8. The molecule has 0 aromatic rings. The average molecular weight is 554 g/mol. The third kappa shape index (κ3) is 12.7. The molecule has 2 N–H and O–H groups in total. The van der Waals surface area contributed by atoms with Gasteiger partial charge in [0.2, 0.25) is 0 Å². The molecule has 34 heavy (non-hydrogen) atoms. The molecule has 2 aliphatic rings. The number of hydrogen-bond donors (Lipinski definition) is 2. The SMILES string of the molecule is CC(C)(C1=[C-][C@@H](C(C)(C)C)CO1)C1=[C-][C@@H](C(C)(C)C)CO1.OCC(F)(F)F.OCC(F)(F)F.[Cu+2]. The summed E-state index contributed by atoms with van der Waals surface area (Å²) < 4.78 is 75.1. The Balaban J connectivity index is 0. The van der Waals surface area contributed by atoms with Crippen LogP contribution in [0.1, 0.15) is 55.4 Å². The van der Waals surface area contributed by atoms with Gasteiger partial charge in [0.25, 0.3) is 0 Å². The Morgan fingerprint density at radius 3 is 1.06 bits per heavy atom. The van der Waals surface area contributed by atoms with Gasteiger partial charge in [-0.1, -0.05) is 77.7 Å². The van der Waals surface area contributed by atoms with Crippen molar-refractivity contribution in [1.82, 2.24) is 0 Å². The summed E-state index contributed by atoms with van der Waals surface area (Å²) in [7, 11) is 0. The largest absolute Gasteiger partial charge is 2.00 e. The number of aliphatic hydroxyl groups excluding tert-OH is 2. The van der Waals surface area contributed by atoms with Crippen LogP contribution < -0.4 is 0 Å². The number of alkyl halides is 6. The van der Waals surface area contributed by atoms with Crippen molar-refractivity contribution < 1.29 is 63.1 Å². The van der Waals surface area contributed by atoms with Crippen molar-refractivity contribution in [3.05, 3.63) is 23.7 Å². The molecule has 0 saturated carbocycles. The monoisotopic (exact) mass is 553 g/mol. The maximum Gasteiger partial charge on any atom is 2.00 e. The molecule has 11 heteroatoms. The van der Waals surface area contributed by atoms with Crippen LogP contribution in [0.3, 0.4) is 0 Å². The molecule has 2 aliphatic heterocycles. The second-order valence-electron chi connectivity index (χ2n) is 10.6. The van der Waals surface area contributed by atoms with Crippen molar-refractivity contribution in [2.45, 2.75) is 67.7 Å². The Labute approximate surface area is 209 Å². The van der Waals surface area contributed by atoms with Gasteiger partial charge >= 0.3 is 29.4 Å². The zero-order valence-corrected chi connectivity index (χ0v) is 21.7. The fraction of sp³-hybridized carbons (Fsp3) is 0.826. The second kappa shape index (κ2) is 12.9. The van der Waals surface area contributed by atoms with Crippen LogP contribution >= 0.6 is 0 Å². The van der Waals surface area contributed by atoms with E-state index in [9.17, 15) is 26.3 Å². The van der Waals surface area contributed by atoms with E-state index in [4.69, 9.17) is 19.7 Å². The van der Waals surface area contributed by atoms with Crippen LogP contribution in [0.4, 0.5) is 26.3 Å². The van der Waals surface area contributed by atoms with Crippen molar-refractivity contribution in [1.29, 1.82) is 0 Å². The molecule has 0 aromatic carbocycles. The molecule has 0 spiro atoms. The minimum atomic E-state index is -4.40. The van der Waals surface area contributed by atoms with Crippen LogP contribution in [-0.4, -0.2) is 49.0 Å². The van der Waals surface area contributed by atoms with Crippen LogP contribution in [0.5, 0.6) is 0 Å². The quantitative estimate of drug-likeness (QED) is 0.256. The molecule has 4 nitrogen and oxygen atoms in total. The van der Waals surface area contributed by atoms with Gasteiger partial charge in [0.1, 0.15) is 13.2 Å². The minimum Gasteiger partial charge on any atom is -0.536 e. The van der Waals surface area contributed by atoms with E-state index in [0.29, 0.717) is 11.8 Å².